The van der Waals surface area contributed by atoms with E-state index in [0.29, 0.717) is 21.7 Å². The van der Waals surface area contributed by atoms with E-state index in [9.17, 15) is 4.79 Å². The fraction of sp³-hybridized carbons (Fsp3) is 0.167. The van der Waals surface area contributed by atoms with Crippen LogP contribution in [0.25, 0.3) is 17.0 Å². The fourth-order valence-electron chi connectivity index (χ4n) is 2.85. The van der Waals surface area contributed by atoms with Crippen molar-refractivity contribution in [2.75, 3.05) is 6.54 Å². The second-order valence-corrected chi connectivity index (χ2v) is 7.46. The minimum atomic E-state index is -0.00394. The van der Waals surface area contributed by atoms with Gasteiger partial charge in [0.2, 0.25) is 5.13 Å². The number of thioether (sulfide) groups is 1. The van der Waals surface area contributed by atoms with E-state index in [1.165, 1.54) is 23.1 Å². The molecule has 5 nitrogen and oxygen atoms in total. The highest BCUT2D eigenvalue weighted by molar-refractivity contribution is 8.18. The van der Waals surface area contributed by atoms with Crippen LogP contribution in [0, 0.1) is 0 Å². The van der Waals surface area contributed by atoms with Crippen LogP contribution in [0.4, 0.5) is 5.13 Å². The van der Waals surface area contributed by atoms with Crippen molar-refractivity contribution in [1.29, 1.82) is 0 Å². The summed E-state index contributed by atoms with van der Waals surface area (Å²) in [7, 11) is 2.02. The molecule has 0 atom stereocenters. The molecule has 1 aliphatic heterocycles. The number of hydrogen-bond donors (Lipinski definition) is 0. The summed E-state index contributed by atoms with van der Waals surface area (Å²) < 4.78 is 2.08. The molecular formula is C18H16N4OS2. The Hall–Kier alpha value is -2.38. The zero-order valence-corrected chi connectivity index (χ0v) is 15.5. The highest BCUT2D eigenvalue weighted by Crippen LogP contribution is 2.35. The Morgan fingerprint density at radius 1 is 1.32 bits per heavy atom. The summed E-state index contributed by atoms with van der Waals surface area (Å²) in [6.07, 6.45) is 5.73. The van der Waals surface area contributed by atoms with Gasteiger partial charge in [0, 0.05) is 47.8 Å². The molecule has 3 heterocycles. The van der Waals surface area contributed by atoms with Crippen molar-refractivity contribution < 1.29 is 4.79 Å². The third-order valence-corrected chi connectivity index (χ3v) is 5.70. The molecule has 4 rings (SSSR count). The first-order valence-electron chi connectivity index (χ1n) is 7.91. The predicted octanol–water partition coefficient (Wildman–Crippen LogP) is 4.26. The molecule has 7 heteroatoms. The SMILES string of the molecule is CCN1C(=O)/C(=C/c2cn(C)c3ccccc23)S/C1=N/c1nccs1. The standard InChI is InChI=1S/C18H16N4OS2/c1-3-22-16(23)15(25-18(22)20-17-19-8-9-24-17)10-12-11-21(2)14-7-5-4-6-13(12)14/h4-11H,3H2,1-2H3/b15-10-,20-18+. The van der Waals surface area contributed by atoms with Crippen LogP contribution in [0.2, 0.25) is 0 Å². The molecule has 0 saturated carbocycles. The van der Waals surface area contributed by atoms with Crippen molar-refractivity contribution >= 4 is 56.3 Å². The third kappa shape index (κ3) is 2.89. The molecule has 0 N–H and O–H groups in total. The van der Waals surface area contributed by atoms with E-state index in [-0.39, 0.29) is 5.91 Å². The van der Waals surface area contributed by atoms with Crippen molar-refractivity contribution in [1.82, 2.24) is 14.5 Å². The number of likely N-dealkylation sites (N-methyl/N-ethyl adjacent to an activating group) is 1. The highest BCUT2D eigenvalue weighted by Gasteiger charge is 2.32. The Kier molecular flexibility index (Phi) is 4.19. The summed E-state index contributed by atoms with van der Waals surface area (Å²) in [5.41, 5.74) is 2.19. The zero-order valence-electron chi connectivity index (χ0n) is 13.8. The normalized spacial score (nSPS) is 18.2. The summed E-state index contributed by atoms with van der Waals surface area (Å²) in [4.78, 5) is 23.9. The Morgan fingerprint density at radius 2 is 2.16 bits per heavy atom. The van der Waals surface area contributed by atoms with Gasteiger partial charge in [-0.2, -0.15) is 4.99 Å². The lowest BCUT2D eigenvalue weighted by atomic mass is 10.1. The lowest BCUT2D eigenvalue weighted by Crippen LogP contribution is -2.28. The van der Waals surface area contributed by atoms with Gasteiger partial charge in [-0.15, -0.1) is 11.3 Å². The molecule has 25 heavy (non-hydrogen) atoms. The smallest absolute Gasteiger partial charge is 0.266 e. The number of aromatic nitrogens is 2. The van der Waals surface area contributed by atoms with Crippen molar-refractivity contribution in [3.05, 3.63) is 52.5 Å². The van der Waals surface area contributed by atoms with Crippen LogP contribution < -0.4 is 0 Å². The number of fused-ring (bicyclic) bond motifs is 1. The van der Waals surface area contributed by atoms with Crippen molar-refractivity contribution in [2.45, 2.75) is 6.92 Å². The number of amidine groups is 1. The van der Waals surface area contributed by atoms with E-state index in [1.807, 2.05) is 37.6 Å². The zero-order chi connectivity index (χ0) is 17.4. The van der Waals surface area contributed by atoms with E-state index in [4.69, 9.17) is 0 Å². The first kappa shape index (κ1) is 16.1. The maximum atomic E-state index is 12.8. The summed E-state index contributed by atoms with van der Waals surface area (Å²) >= 11 is 2.87. The van der Waals surface area contributed by atoms with Crippen LogP contribution in [-0.2, 0) is 11.8 Å². The summed E-state index contributed by atoms with van der Waals surface area (Å²) in [6.45, 7) is 2.54. The number of amides is 1. The maximum absolute atomic E-state index is 12.8. The van der Waals surface area contributed by atoms with Crippen molar-refractivity contribution in [3.8, 4) is 0 Å². The van der Waals surface area contributed by atoms with Gasteiger partial charge in [0.05, 0.1) is 4.91 Å². The minimum Gasteiger partial charge on any atom is -0.350 e. The number of nitrogens with zero attached hydrogens (tertiary/aromatic N) is 4. The van der Waals surface area contributed by atoms with Crippen molar-refractivity contribution in [3.63, 3.8) is 0 Å². The Bertz CT molecular complexity index is 1000. The number of thiazole rings is 1. The van der Waals surface area contributed by atoms with Crippen LogP contribution in [0.5, 0.6) is 0 Å². The number of aryl methyl sites for hydroxylation is 1. The molecule has 1 saturated heterocycles. The number of carbonyl (C=O) groups is 1. The number of para-hydroxylation sites is 1. The summed E-state index contributed by atoms with van der Waals surface area (Å²) in [5, 5.41) is 4.37. The molecule has 0 bridgehead atoms. The number of benzene rings is 1. The third-order valence-electron chi connectivity index (χ3n) is 4.03. The number of rotatable bonds is 3. The van der Waals surface area contributed by atoms with Gasteiger partial charge >= 0.3 is 0 Å². The second-order valence-electron chi connectivity index (χ2n) is 5.58. The fourth-order valence-corrected chi connectivity index (χ4v) is 4.45. The molecule has 1 fully saturated rings. The van der Waals surface area contributed by atoms with Gasteiger partial charge in [-0.3, -0.25) is 9.69 Å². The molecule has 1 amide bonds. The lowest BCUT2D eigenvalue weighted by Gasteiger charge is -2.11. The average Bonchev–Trinajstić information content (AvgIpc) is 3.30. The summed E-state index contributed by atoms with van der Waals surface area (Å²) in [6, 6.07) is 8.19. The maximum Gasteiger partial charge on any atom is 0.266 e. The van der Waals surface area contributed by atoms with Crippen LogP contribution >= 0.6 is 23.1 Å². The average molecular weight is 368 g/mol. The first-order chi connectivity index (χ1) is 12.2. The second kappa shape index (κ2) is 6.50. The topological polar surface area (TPSA) is 50.5 Å². The summed E-state index contributed by atoms with van der Waals surface area (Å²) in [5.74, 6) is -0.00394. The lowest BCUT2D eigenvalue weighted by molar-refractivity contribution is -0.122. The molecule has 0 unspecified atom stereocenters. The van der Waals surface area contributed by atoms with Crippen LogP contribution in [0.1, 0.15) is 12.5 Å². The van der Waals surface area contributed by atoms with Gasteiger partial charge in [-0.05, 0) is 30.8 Å². The molecule has 0 radical (unpaired) electrons. The first-order valence-corrected chi connectivity index (χ1v) is 9.60. The quantitative estimate of drug-likeness (QED) is 0.649. The van der Waals surface area contributed by atoms with Crippen LogP contribution in [0.15, 0.2) is 51.9 Å². The van der Waals surface area contributed by atoms with E-state index >= 15 is 0 Å². The molecule has 1 aliphatic rings. The molecule has 0 aliphatic carbocycles. The monoisotopic (exact) mass is 368 g/mol. The molecule has 3 aromatic rings. The molecule has 126 valence electrons. The largest absolute Gasteiger partial charge is 0.350 e. The molecule has 0 spiro atoms. The molecule has 1 aromatic carbocycles. The highest BCUT2D eigenvalue weighted by atomic mass is 32.2. The van der Waals surface area contributed by atoms with Gasteiger partial charge in [-0.25, -0.2) is 4.98 Å². The number of carbonyl (C=O) groups excluding carboxylic acids is 1. The van der Waals surface area contributed by atoms with Crippen molar-refractivity contribution in [2.24, 2.45) is 12.0 Å². The Morgan fingerprint density at radius 3 is 2.92 bits per heavy atom. The van der Waals surface area contributed by atoms with E-state index < -0.39 is 0 Å². The van der Waals surface area contributed by atoms with Crippen LogP contribution in [0.3, 0.4) is 0 Å². The number of aliphatic imine (C=N–C) groups is 1. The minimum absolute atomic E-state index is 0.00394. The van der Waals surface area contributed by atoms with Gasteiger partial charge in [0.15, 0.2) is 5.17 Å². The predicted molar refractivity (Wildman–Crippen MR) is 105 cm³/mol. The Labute approximate surface area is 153 Å². The van der Waals surface area contributed by atoms with E-state index in [2.05, 4.69) is 32.9 Å². The van der Waals surface area contributed by atoms with E-state index in [0.717, 1.165) is 16.5 Å². The van der Waals surface area contributed by atoms with Gasteiger partial charge in [0.25, 0.3) is 5.91 Å². The van der Waals surface area contributed by atoms with Gasteiger partial charge in [-0.1, -0.05) is 18.2 Å². The van der Waals surface area contributed by atoms with Gasteiger partial charge in [0.1, 0.15) is 0 Å². The Balaban J connectivity index is 1.75. The van der Waals surface area contributed by atoms with Crippen LogP contribution in [-0.4, -0.2) is 32.1 Å². The number of hydrogen-bond acceptors (Lipinski definition) is 5. The van der Waals surface area contributed by atoms with E-state index in [1.54, 1.807) is 11.1 Å². The molecule has 2 aromatic heterocycles. The molecular weight excluding hydrogens is 352 g/mol. The van der Waals surface area contributed by atoms with Gasteiger partial charge < -0.3 is 4.57 Å².